The van der Waals surface area contributed by atoms with Crippen molar-refractivity contribution < 1.29 is 9.47 Å². The molecule has 5 heteroatoms. The van der Waals surface area contributed by atoms with E-state index in [4.69, 9.17) is 9.47 Å². The third kappa shape index (κ3) is 2.85. The molecule has 2 aliphatic heterocycles. The van der Waals surface area contributed by atoms with Crippen molar-refractivity contribution in [2.45, 2.75) is 37.3 Å². The van der Waals surface area contributed by atoms with E-state index in [1.807, 2.05) is 13.2 Å². The molecule has 5 nitrogen and oxygen atoms in total. The van der Waals surface area contributed by atoms with E-state index < -0.39 is 0 Å². The number of ether oxygens (including phenoxy) is 2. The van der Waals surface area contributed by atoms with Gasteiger partial charge in [0.2, 0.25) is 0 Å². The van der Waals surface area contributed by atoms with Crippen molar-refractivity contribution in [2.24, 2.45) is 5.92 Å². The summed E-state index contributed by atoms with van der Waals surface area (Å²) in [7, 11) is 2.03. The van der Waals surface area contributed by atoms with Crippen LogP contribution in [0.1, 0.15) is 37.3 Å². The summed E-state index contributed by atoms with van der Waals surface area (Å²) in [5.74, 6) is 0.580. The summed E-state index contributed by atoms with van der Waals surface area (Å²) in [5, 5.41) is 11.3. The van der Waals surface area contributed by atoms with Crippen LogP contribution in [-0.4, -0.2) is 42.7 Å². The van der Waals surface area contributed by atoms with E-state index in [2.05, 4.69) is 21.6 Å². The van der Waals surface area contributed by atoms with Crippen LogP contribution in [0.2, 0.25) is 0 Å². The smallest absolute Gasteiger partial charge is 0.0729 e. The fourth-order valence-corrected chi connectivity index (χ4v) is 3.60. The van der Waals surface area contributed by atoms with Gasteiger partial charge in [-0.05, 0) is 50.3 Å². The molecule has 110 valence electrons. The summed E-state index contributed by atoms with van der Waals surface area (Å²) >= 11 is 0. The summed E-state index contributed by atoms with van der Waals surface area (Å²) in [4.78, 5) is 0. The van der Waals surface area contributed by atoms with Gasteiger partial charge in [-0.2, -0.15) is 10.2 Å². The minimum absolute atomic E-state index is 0.0384. The minimum Gasteiger partial charge on any atom is -0.381 e. The Morgan fingerprint density at radius 2 is 2.15 bits per heavy atom. The van der Waals surface area contributed by atoms with Crippen molar-refractivity contribution in [3.8, 4) is 0 Å². The molecule has 2 unspecified atom stereocenters. The first-order valence-electron chi connectivity index (χ1n) is 7.49. The maximum absolute atomic E-state index is 6.13. The lowest BCUT2D eigenvalue weighted by atomic mass is 9.76. The van der Waals surface area contributed by atoms with Gasteiger partial charge in [0.05, 0.1) is 11.8 Å². The van der Waals surface area contributed by atoms with Crippen molar-refractivity contribution in [1.82, 2.24) is 15.5 Å². The summed E-state index contributed by atoms with van der Waals surface area (Å²) in [6.45, 7) is 2.50. The van der Waals surface area contributed by atoms with Gasteiger partial charge in [0, 0.05) is 32.1 Å². The Morgan fingerprint density at radius 1 is 1.30 bits per heavy atom. The summed E-state index contributed by atoms with van der Waals surface area (Å²) < 4.78 is 11.6. The van der Waals surface area contributed by atoms with E-state index >= 15 is 0 Å². The Balaban J connectivity index is 1.75. The van der Waals surface area contributed by atoms with Gasteiger partial charge < -0.3 is 14.8 Å². The van der Waals surface area contributed by atoms with Crippen LogP contribution in [0.3, 0.4) is 0 Å². The van der Waals surface area contributed by atoms with E-state index in [1.165, 1.54) is 5.56 Å². The lowest BCUT2D eigenvalue weighted by Gasteiger charge is -2.45. The first kappa shape index (κ1) is 13.9. The highest BCUT2D eigenvalue weighted by Gasteiger charge is 2.41. The SMILES string of the molecule is CNC(c1ccnnc1)C1CCOC2(CCOCC2)C1. The monoisotopic (exact) mass is 277 g/mol. The molecule has 2 aliphatic rings. The molecule has 1 aromatic rings. The van der Waals surface area contributed by atoms with E-state index in [0.717, 1.165) is 45.5 Å². The van der Waals surface area contributed by atoms with Crippen LogP contribution in [0.5, 0.6) is 0 Å². The maximum Gasteiger partial charge on any atom is 0.0729 e. The Kier molecular flexibility index (Phi) is 4.29. The van der Waals surface area contributed by atoms with Gasteiger partial charge in [0.1, 0.15) is 0 Å². The highest BCUT2D eigenvalue weighted by Crippen LogP contribution is 2.41. The Bertz CT molecular complexity index is 415. The molecule has 2 atom stereocenters. The normalized spacial score (nSPS) is 27.4. The molecule has 2 fully saturated rings. The topological polar surface area (TPSA) is 56.3 Å². The average molecular weight is 277 g/mol. The number of aromatic nitrogens is 2. The summed E-state index contributed by atoms with van der Waals surface area (Å²) in [6.07, 6.45) is 7.88. The van der Waals surface area contributed by atoms with E-state index in [0.29, 0.717) is 12.0 Å². The molecule has 1 N–H and O–H groups in total. The van der Waals surface area contributed by atoms with Crippen LogP contribution in [0.15, 0.2) is 18.5 Å². The van der Waals surface area contributed by atoms with Crippen LogP contribution in [0, 0.1) is 5.92 Å². The molecular formula is C15H23N3O2. The van der Waals surface area contributed by atoms with Gasteiger partial charge >= 0.3 is 0 Å². The van der Waals surface area contributed by atoms with Gasteiger partial charge in [-0.3, -0.25) is 0 Å². The molecular weight excluding hydrogens is 254 g/mol. The van der Waals surface area contributed by atoms with Gasteiger partial charge in [0.15, 0.2) is 0 Å². The number of nitrogens with one attached hydrogen (secondary N) is 1. The molecule has 0 aliphatic carbocycles. The largest absolute Gasteiger partial charge is 0.381 e. The van der Waals surface area contributed by atoms with Gasteiger partial charge in [-0.15, -0.1) is 0 Å². The van der Waals surface area contributed by atoms with Crippen LogP contribution >= 0.6 is 0 Å². The van der Waals surface area contributed by atoms with E-state index in [-0.39, 0.29) is 5.60 Å². The predicted molar refractivity (Wildman–Crippen MR) is 75.3 cm³/mol. The third-order valence-electron chi connectivity index (χ3n) is 4.68. The minimum atomic E-state index is 0.0384. The fourth-order valence-electron chi connectivity index (χ4n) is 3.60. The van der Waals surface area contributed by atoms with Crippen molar-refractivity contribution in [2.75, 3.05) is 26.9 Å². The van der Waals surface area contributed by atoms with Gasteiger partial charge in [0.25, 0.3) is 0 Å². The maximum atomic E-state index is 6.13. The molecule has 1 aromatic heterocycles. The Hall–Kier alpha value is -1.04. The number of rotatable bonds is 3. The van der Waals surface area contributed by atoms with E-state index in [1.54, 1.807) is 6.20 Å². The van der Waals surface area contributed by atoms with Crippen molar-refractivity contribution >= 4 is 0 Å². The zero-order valence-corrected chi connectivity index (χ0v) is 12.0. The van der Waals surface area contributed by atoms with Gasteiger partial charge in [-0.1, -0.05) is 0 Å². The van der Waals surface area contributed by atoms with Crippen molar-refractivity contribution in [3.63, 3.8) is 0 Å². The molecule has 0 bridgehead atoms. The fraction of sp³-hybridized carbons (Fsp3) is 0.733. The zero-order valence-electron chi connectivity index (χ0n) is 12.0. The summed E-state index contributed by atoms with van der Waals surface area (Å²) in [6, 6.07) is 2.38. The molecule has 2 saturated heterocycles. The number of hydrogen-bond donors (Lipinski definition) is 1. The third-order valence-corrected chi connectivity index (χ3v) is 4.68. The first-order chi connectivity index (χ1) is 9.83. The lowest BCUT2D eigenvalue weighted by molar-refractivity contribution is -0.150. The quantitative estimate of drug-likeness (QED) is 0.911. The Morgan fingerprint density at radius 3 is 2.85 bits per heavy atom. The van der Waals surface area contributed by atoms with Crippen LogP contribution in [0.4, 0.5) is 0 Å². The number of hydrogen-bond acceptors (Lipinski definition) is 5. The predicted octanol–water partition coefficient (Wildman–Crippen LogP) is 1.71. The molecule has 0 aromatic carbocycles. The molecule has 0 radical (unpaired) electrons. The highest BCUT2D eigenvalue weighted by atomic mass is 16.5. The Labute approximate surface area is 120 Å². The van der Waals surface area contributed by atoms with E-state index in [9.17, 15) is 0 Å². The second kappa shape index (κ2) is 6.16. The first-order valence-corrected chi connectivity index (χ1v) is 7.49. The van der Waals surface area contributed by atoms with Crippen molar-refractivity contribution in [1.29, 1.82) is 0 Å². The van der Waals surface area contributed by atoms with Crippen LogP contribution < -0.4 is 5.32 Å². The molecule has 20 heavy (non-hydrogen) atoms. The summed E-state index contributed by atoms with van der Waals surface area (Å²) in [5.41, 5.74) is 1.26. The lowest BCUT2D eigenvalue weighted by Crippen LogP contribution is -2.46. The molecule has 0 saturated carbocycles. The molecule has 3 rings (SSSR count). The standard InChI is InChI=1S/C15H23N3O2/c1-16-14(13-2-6-17-18-11-13)12-3-7-20-15(10-12)4-8-19-9-5-15/h2,6,11-12,14,16H,3-5,7-10H2,1H3. The molecule has 0 amide bonds. The highest BCUT2D eigenvalue weighted by molar-refractivity contribution is 5.13. The zero-order chi connectivity index (χ0) is 13.8. The second-order valence-electron chi connectivity index (χ2n) is 5.84. The van der Waals surface area contributed by atoms with Gasteiger partial charge in [-0.25, -0.2) is 0 Å². The van der Waals surface area contributed by atoms with Crippen LogP contribution in [0.25, 0.3) is 0 Å². The molecule has 1 spiro atoms. The average Bonchev–Trinajstić information content (AvgIpc) is 2.50. The second-order valence-corrected chi connectivity index (χ2v) is 5.84. The van der Waals surface area contributed by atoms with Crippen LogP contribution in [-0.2, 0) is 9.47 Å². The number of nitrogens with zero attached hydrogens (tertiary/aromatic N) is 2. The molecule has 3 heterocycles. The van der Waals surface area contributed by atoms with Crippen molar-refractivity contribution in [3.05, 3.63) is 24.0 Å².